The van der Waals surface area contributed by atoms with Gasteiger partial charge in [0.2, 0.25) is 0 Å². The Labute approximate surface area is 181 Å². The summed E-state index contributed by atoms with van der Waals surface area (Å²) in [6.45, 7) is 6.86. The van der Waals surface area contributed by atoms with Gasteiger partial charge < -0.3 is 24.0 Å². The summed E-state index contributed by atoms with van der Waals surface area (Å²) in [7, 11) is 2.13. The minimum atomic E-state index is -0.0177. The van der Waals surface area contributed by atoms with Crippen LogP contribution in [0, 0.1) is 0 Å². The van der Waals surface area contributed by atoms with Crippen molar-refractivity contribution in [1.29, 1.82) is 0 Å². The SMILES string of the molecule is CN1CCN(c2nccn3cc(C(=O)N4CCCN(c5ccccn5)CC4)nc23)CC1. The second kappa shape index (κ2) is 8.50. The van der Waals surface area contributed by atoms with E-state index < -0.39 is 0 Å². The topological polar surface area (TPSA) is 73.1 Å². The average Bonchev–Trinajstić information content (AvgIpc) is 3.10. The summed E-state index contributed by atoms with van der Waals surface area (Å²) in [4.78, 5) is 35.7. The highest BCUT2D eigenvalue weighted by molar-refractivity contribution is 5.93. The maximum Gasteiger partial charge on any atom is 0.274 e. The maximum absolute atomic E-state index is 13.3. The number of hydrogen-bond donors (Lipinski definition) is 0. The number of nitrogens with zero attached hydrogens (tertiary/aromatic N) is 8. The second-order valence-corrected chi connectivity index (χ2v) is 8.22. The monoisotopic (exact) mass is 420 g/mol. The van der Waals surface area contributed by atoms with Crippen molar-refractivity contribution >= 4 is 23.2 Å². The normalized spacial score (nSPS) is 18.4. The zero-order valence-corrected chi connectivity index (χ0v) is 17.9. The van der Waals surface area contributed by atoms with Crippen molar-refractivity contribution in [2.45, 2.75) is 6.42 Å². The molecule has 0 saturated carbocycles. The Morgan fingerprint density at radius 2 is 1.74 bits per heavy atom. The zero-order chi connectivity index (χ0) is 21.2. The van der Waals surface area contributed by atoms with Gasteiger partial charge in [0.15, 0.2) is 11.5 Å². The Morgan fingerprint density at radius 3 is 2.55 bits per heavy atom. The highest BCUT2D eigenvalue weighted by Crippen LogP contribution is 2.21. The Kier molecular flexibility index (Phi) is 5.42. The summed E-state index contributed by atoms with van der Waals surface area (Å²) in [5.41, 5.74) is 1.23. The van der Waals surface area contributed by atoms with Crippen LogP contribution >= 0.6 is 0 Å². The van der Waals surface area contributed by atoms with Gasteiger partial charge in [-0.05, 0) is 25.6 Å². The number of fused-ring (bicyclic) bond motifs is 1. The molecule has 0 N–H and O–H groups in total. The lowest BCUT2D eigenvalue weighted by Gasteiger charge is -2.33. The van der Waals surface area contributed by atoms with Crippen LogP contribution in [0.3, 0.4) is 0 Å². The molecule has 0 aliphatic carbocycles. The highest BCUT2D eigenvalue weighted by Gasteiger charge is 2.25. The number of carbonyl (C=O) groups excluding carboxylic acids is 1. The van der Waals surface area contributed by atoms with E-state index in [2.05, 4.69) is 31.7 Å². The fraction of sp³-hybridized carbons (Fsp3) is 0.455. The van der Waals surface area contributed by atoms with Crippen molar-refractivity contribution in [3.05, 3.63) is 48.7 Å². The number of imidazole rings is 1. The molecule has 1 amide bonds. The van der Waals surface area contributed by atoms with E-state index in [9.17, 15) is 4.79 Å². The summed E-state index contributed by atoms with van der Waals surface area (Å²) < 4.78 is 1.92. The van der Waals surface area contributed by atoms with Crippen LogP contribution in [-0.2, 0) is 0 Å². The van der Waals surface area contributed by atoms with Crippen molar-refractivity contribution in [1.82, 2.24) is 29.2 Å². The van der Waals surface area contributed by atoms with E-state index in [4.69, 9.17) is 4.98 Å². The number of amides is 1. The van der Waals surface area contributed by atoms with Gasteiger partial charge in [-0.1, -0.05) is 6.07 Å². The third-order valence-electron chi connectivity index (χ3n) is 6.13. The van der Waals surface area contributed by atoms with E-state index in [-0.39, 0.29) is 5.91 Å². The second-order valence-electron chi connectivity index (χ2n) is 8.22. The van der Waals surface area contributed by atoms with E-state index in [1.54, 1.807) is 6.20 Å². The molecule has 2 aliphatic heterocycles. The quantitative estimate of drug-likeness (QED) is 0.631. The Balaban J connectivity index is 1.33. The number of likely N-dealkylation sites (N-methyl/N-ethyl adjacent to an activating group) is 1. The third-order valence-corrected chi connectivity index (χ3v) is 6.13. The lowest BCUT2D eigenvalue weighted by molar-refractivity contribution is 0.0762. The first-order valence-corrected chi connectivity index (χ1v) is 10.9. The smallest absolute Gasteiger partial charge is 0.274 e. The van der Waals surface area contributed by atoms with Crippen LogP contribution in [0.5, 0.6) is 0 Å². The number of hydrogen-bond acceptors (Lipinski definition) is 7. The first-order valence-electron chi connectivity index (χ1n) is 10.9. The molecule has 5 rings (SSSR count). The number of piperazine rings is 1. The van der Waals surface area contributed by atoms with Gasteiger partial charge in [0, 0.05) is 77.1 Å². The molecule has 0 atom stereocenters. The van der Waals surface area contributed by atoms with Crippen LogP contribution in [0.1, 0.15) is 16.9 Å². The maximum atomic E-state index is 13.3. The van der Waals surface area contributed by atoms with E-state index in [0.29, 0.717) is 12.2 Å². The molecule has 31 heavy (non-hydrogen) atoms. The summed E-state index contributed by atoms with van der Waals surface area (Å²) in [5, 5.41) is 0. The number of pyridine rings is 1. The van der Waals surface area contributed by atoms with Gasteiger partial charge in [-0.25, -0.2) is 15.0 Å². The van der Waals surface area contributed by atoms with Crippen LogP contribution in [0.4, 0.5) is 11.6 Å². The fourth-order valence-electron chi connectivity index (χ4n) is 4.30. The van der Waals surface area contributed by atoms with Crippen molar-refractivity contribution in [3.8, 4) is 0 Å². The molecule has 0 aromatic carbocycles. The first-order chi connectivity index (χ1) is 15.2. The van der Waals surface area contributed by atoms with E-state index in [1.165, 1.54) is 0 Å². The van der Waals surface area contributed by atoms with Gasteiger partial charge in [-0.15, -0.1) is 0 Å². The summed E-state index contributed by atoms with van der Waals surface area (Å²) in [6.07, 6.45) is 8.20. The number of anilines is 2. The molecule has 3 aromatic heterocycles. The van der Waals surface area contributed by atoms with Crippen LogP contribution in [0.15, 0.2) is 43.0 Å². The minimum Gasteiger partial charge on any atom is -0.355 e. The van der Waals surface area contributed by atoms with Gasteiger partial charge >= 0.3 is 0 Å². The van der Waals surface area contributed by atoms with Crippen LogP contribution < -0.4 is 9.80 Å². The molecule has 9 nitrogen and oxygen atoms in total. The lowest BCUT2D eigenvalue weighted by atomic mass is 10.3. The van der Waals surface area contributed by atoms with Gasteiger partial charge in [-0.2, -0.15) is 0 Å². The van der Waals surface area contributed by atoms with Gasteiger partial charge in [-0.3, -0.25) is 4.79 Å². The molecule has 0 spiro atoms. The molecule has 2 aliphatic rings. The largest absolute Gasteiger partial charge is 0.355 e. The minimum absolute atomic E-state index is 0.0177. The molecule has 2 fully saturated rings. The van der Waals surface area contributed by atoms with E-state index in [0.717, 1.165) is 69.5 Å². The van der Waals surface area contributed by atoms with Gasteiger partial charge in [0.25, 0.3) is 5.91 Å². The van der Waals surface area contributed by atoms with Crippen LogP contribution in [0.25, 0.3) is 5.65 Å². The molecule has 0 radical (unpaired) electrons. The molecule has 0 bridgehead atoms. The summed E-state index contributed by atoms with van der Waals surface area (Å²) in [5.74, 6) is 1.80. The molecule has 162 valence electrons. The fourth-order valence-corrected chi connectivity index (χ4v) is 4.30. The number of aromatic nitrogens is 4. The Morgan fingerprint density at radius 1 is 0.903 bits per heavy atom. The zero-order valence-electron chi connectivity index (χ0n) is 17.9. The average molecular weight is 421 g/mol. The lowest BCUT2D eigenvalue weighted by Crippen LogP contribution is -2.45. The number of rotatable bonds is 3. The predicted octanol–water partition coefficient (Wildman–Crippen LogP) is 1.23. The Bertz CT molecular complexity index is 1040. The third kappa shape index (κ3) is 4.05. The molecular weight excluding hydrogens is 392 g/mol. The molecule has 5 heterocycles. The van der Waals surface area contributed by atoms with Crippen LogP contribution in [-0.4, -0.2) is 94.5 Å². The first kappa shape index (κ1) is 19.7. The summed E-state index contributed by atoms with van der Waals surface area (Å²) in [6, 6.07) is 5.94. The van der Waals surface area contributed by atoms with Crippen molar-refractivity contribution in [2.24, 2.45) is 0 Å². The molecule has 9 heteroatoms. The van der Waals surface area contributed by atoms with E-state index in [1.807, 2.05) is 46.1 Å². The van der Waals surface area contributed by atoms with Gasteiger partial charge in [0.1, 0.15) is 11.5 Å². The molecule has 3 aromatic rings. The summed E-state index contributed by atoms with van der Waals surface area (Å²) >= 11 is 0. The predicted molar refractivity (Wildman–Crippen MR) is 120 cm³/mol. The van der Waals surface area contributed by atoms with E-state index >= 15 is 0 Å². The Hall–Kier alpha value is -3.20. The highest BCUT2D eigenvalue weighted by atomic mass is 16.2. The van der Waals surface area contributed by atoms with Crippen molar-refractivity contribution in [2.75, 3.05) is 69.2 Å². The molecule has 2 saturated heterocycles. The molecule has 0 unspecified atom stereocenters. The standard InChI is InChI=1S/C22H28N8O/c1-26-11-13-28(14-12-26)20-21-25-18(17-30(21)10-7-24-20)22(31)29-9-4-8-27(15-16-29)19-5-2-3-6-23-19/h2-3,5-7,10,17H,4,8-9,11-16H2,1H3. The van der Waals surface area contributed by atoms with Crippen molar-refractivity contribution < 1.29 is 4.79 Å². The van der Waals surface area contributed by atoms with Crippen LogP contribution in [0.2, 0.25) is 0 Å². The van der Waals surface area contributed by atoms with Gasteiger partial charge in [0.05, 0.1) is 0 Å². The van der Waals surface area contributed by atoms with Crippen molar-refractivity contribution in [3.63, 3.8) is 0 Å². The molecular formula is C22H28N8O. The number of carbonyl (C=O) groups is 1.